The van der Waals surface area contributed by atoms with E-state index in [2.05, 4.69) is 40.1 Å². The van der Waals surface area contributed by atoms with Gasteiger partial charge in [0.15, 0.2) is 0 Å². The lowest BCUT2D eigenvalue weighted by atomic mass is 9.76. The van der Waals surface area contributed by atoms with Crippen molar-refractivity contribution >= 4 is 0 Å². The first-order chi connectivity index (χ1) is 7.42. The summed E-state index contributed by atoms with van der Waals surface area (Å²) in [4.78, 5) is 0. The lowest BCUT2D eigenvalue weighted by Crippen LogP contribution is -2.36. The summed E-state index contributed by atoms with van der Waals surface area (Å²) in [5.41, 5.74) is 0.483. The zero-order valence-electron chi connectivity index (χ0n) is 12.0. The van der Waals surface area contributed by atoms with E-state index in [1.54, 1.807) is 0 Å². The fourth-order valence-corrected chi connectivity index (χ4v) is 2.89. The third kappa shape index (κ3) is 4.86. The van der Waals surface area contributed by atoms with Crippen LogP contribution in [0.4, 0.5) is 0 Å². The Labute approximate surface area is 102 Å². The van der Waals surface area contributed by atoms with Crippen molar-refractivity contribution in [3.63, 3.8) is 0 Å². The molecule has 0 bridgehead atoms. The summed E-state index contributed by atoms with van der Waals surface area (Å²) in [7, 11) is 2.14. The second-order valence-electron chi connectivity index (χ2n) is 7.01. The van der Waals surface area contributed by atoms with Crippen molar-refractivity contribution in [3.8, 4) is 0 Å². The average molecular weight is 225 g/mol. The standard InChI is InChI=1S/C15H31N/c1-12-6-8-13(9-7-12)14(16-5)10-11-15(2,3)4/h12-14,16H,6-11H2,1-5H3. The summed E-state index contributed by atoms with van der Waals surface area (Å²) in [6.45, 7) is 9.45. The second-order valence-corrected chi connectivity index (χ2v) is 7.01. The zero-order chi connectivity index (χ0) is 12.2. The molecule has 0 aromatic rings. The van der Waals surface area contributed by atoms with Crippen molar-refractivity contribution < 1.29 is 0 Å². The first kappa shape index (κ1) is 14.0. The number of hydrogen-bond donors (Lipinski definition) is 1. The minimum Gasteiger partial charge on any atom is -0.317 e. The molecular weight excluding hydrogens is 194 g/mol. The average Bonchev–Trinajstić information content (AvgIpc) is 2.20. The van der Waals surface area contributed by atoms with Crippen LogP contribution in [-0.4, -0.2) is 13.1 Å². The predicted octanol–water partition coefficient (Wildman–Crippen LogP) is 4.23. The molecule has 1 N–H and O–H groups in total. The molecule has 1 nitrogen and oxygen atoms in total. The minimum atomic E-state index is 0.483. The molecule has 0 aromatic heterocycles. The quantitative estimate of drug-likeness (QED) is 0.755. The Morgan fingerprint density at radius 2 is 1.69 bits per heavy atom. The van der Waals surface area contributed by atoms with Crippen LogP contribution in [-0.2, 0) is 0 Å². The largest absolute Gasteiger partial charge is 0.317 e. The van der Waals surface area contributed by atoms with Crippen LogP contribution in [0.2, 0.25) is 0 Å². The third-order valence-corrected chi connectivity index (χ3v) is 4.21. The Bertz CT molecular complexity index is 184. The number of rotatable bonds is 4. The van der Waals surface area contributed by atoms with Crippen molar-refractivity contribution in [2.45, 2.75) is 72.3 Å². The second kappa shape index (κ2) is 6.05. The SMILES string of the molecule is CNC(CCC(C)(C)C)C1CCC(C)CC1. The highest BCUT2D eigenvalue weighted by Crippen LogP contribution is 2.33. The maximum atomic E-state index is 3.56. The molecule has 1 atom stereocenters. The summed E-state index contributed by atoms with van der Waals surface area (Å²) in [6, 6.07) is 0.756. The summed E-state index contributed by atoms with van der Waals surface area (Å²) in [5.74, 6) is 1.90. The highest BCUT2D eigenvalue weighted by atomic mass is 14.9. The normalized spacial score (nSPS) is 29.1. The van der Waals surface area contributed by atoms with E-state index in [0.717, 1.165) is 17.9 Å². The van der Waals surface area contributed by atoms with Crippen molar-refractivity contribution in [3.05, 3.63) is 0 Å². The van der Waals surface area contributed by atoms with Gasteiger partial charge < -0.3 is 5.32 Å². The van der Waals surface area contributed by atoms with Crippen molar-refractivity contribution in [2.75, 3.05) is 7.05 Å². The molecule has 1 fully saturated rings. The first-order valence-corrected chi connectivity index (χ1v) is 7.09. The van der Waals surface area contributed by atoms with Gasteiger partial charge in [-0.25, -0.2) is 0 Å². The summed E-state index contributed by atoms with van der Waals surface area (Å²) in [5, 5.41) is 3.56. The van der Waals surface area contributed by atoms with Crippen molar-refractivity contribution in [2.24, 2.45) is 17.3 Å². The molecule has 0 radical (unpaired) electrons. The Balaban J connectivity index is 2.36. The van der Waals surface area contributed by atoms with Crippen LogP contribution in [0, 0.1) is 17.3 Å². The van der Waals surface area contributed by atoms with Crippen LogP contribution in [0.1, 0.15) is 66.2 Å². The van der Waals surface area contributed by atoms with Gasteiger partial charge in [-0.15, -0.1) is 0 Å². The van der Waals surface area contributed by atoms with Crippen LogP contribution < -0.4 is 5.32 Å². The lowest BCUT2D eigenvalue weighted by molar-refractivity contribution is 0.211. The molecule has 0 amide bonds. The van der Waals surface area contributed by atoms with E-state index in [-0.39, 0.29) is 0 Å². The molecule has 16 heavy (non-hydrogen) atoms. The van der Waals surface area contributed by atoms with E-state index in [4.69, 9.17) is 0 Å². The Hall–Kier alpha value is -0.0400. The van der Waals surface area contributed by atoms with E-state index >= 15 is 0 Å². The molecule has 0 spiro atoms. The van der Waals surface area contributed by atoms with Gasteiger partial charge in [-0.05, 0) is 50.0 Å². The molecule has 96 valence electrons. The van der Waals surface area contributed by atoms with Gasteiger partial charge >= 0.3 is 0 Å². The van der Waals surface area contributed by atoms with Crippen LogP contribution in [0.5, 0.6) is 0 Å². The zero-order valence-corrected chi connectivity index (χ0v) is 12.0. The van der Waals surface area contributed by atoms with E-state index in [1.165, 1.54) is 38.5 Å². The fraction of sp³-hybridized carbons (Fsp3) is 1.00. The van der Waals surface area contributed by atoms with Gasteiger partial charge in [0.2, 0.25) is 0 Å². The molecule has 1 rings (SSSR count). The van der Waals surface area contributed by atoms with Gasteiger partial charge in [-0.2, -0.15) is 0 Å². The molecule has 0 saturated heterocycles. The monoisotopic (exact) mass is 225 g/mol. The maximum Gasteiger partial charge on any atom is 0.00925 e. The van der Waals surface area contributed by atoms with Gasteiger partial charge in [-0.3, -0.25) is 0 Å². The lowest BCUT2D eigenvalue weighted by Gasteiger charge is -2.34. The first-order valence-electron chi connectivity index (χ1n) is 7.09. The molecule has 0 aliphatic heterocycles. The number of hydrogen-bond acceptors (Lipinski definition) is 1. The molecule has 1 unspecified atom stereocenters. The highest BCUT2D eigenvalue weighted by Gasteiger charge is 2.25. The van der Waals surface area contributed by atoms with Crippen LogP contribution in [0.3, 0.4) is 0 Å². The van der Waals surface area contributed by atoms with Crippen molar-refractivity contribution in [1.29, 1.82) is 0 Å². The van der Waals surface area contributed by atoms with E-state index in [1.807, 2.05) is 0 Å². The topological polar surface area (TPSA) is 12.0 Å². The van der Waals surface area contributed by atoms with Gasteiger partial charge in [0.25, 0.3) is 0 Å². The predicted molar refractivity (Wildman–Crippen MR) is 72.7 cm³/mol. The van der Waals surface area contributed by atoms with Gasteiger partial charge in [0, 0.05) is 6.04 Å². The van der Waals surface area contributed by atoms with E-state index in [9.17, 15) is 0 Å². The molecular formula is C15H31N. The molecule has 1 aliphatic rings. The van der Waals surface area contributed by atoms with Crippen molar-refractivity contribution in [1.82, 2.24) is 5.32 Å². The van der Waals surface area contributed by atoms with E-state index in [0.29, 0.717) is 5.41 Å². The van der Waals surface area contributed by atoms with Crippen LogP contribution in [0.15, 0.2) is 0 Å². The molecule has 0 heterocycles. The fourth-order valence-electron chi connectivity index (χ4n) is 2.89. The van der Waals surface area contributed by atoms with Crippen LogP contribution in [0.25, 0.3) is 0 Å². The molecule has 1 heteroatoms. The summed E-state index contributed by atoms with van der Waals surface area (Å²) in [6.07, 6.45) is 8.45. The Morgan fingerprint density at radius 3 is 2.12 bits per heavy atom. The molecule has 1 aliphatic carbocycles. The van der Waals surface area contributed by atoms with Gasteiger partial charge in [-0.1, -0.05) is 40.5 Å². The minimum absolute atomic E-state index is 0.483. The third-order valence-electron chi connectivity index (χ3n) is 4.21. The number of nitrogens with one attached hydrogen (secondary N) is 1. The van der Waals surface area contributed by atoms with Gasteiger partial charge in [0.1, 0.15) is 0 Å². The molecule has 1 saturated carbocycles. The van der Waals surface area contributed by atoms with E-state index < -0.39 is 0 Å². The smallest absolute Gasteiger partial charge is 0.00925 e. The van der Waals surface area contributed by atoms with Gasteiger partial charge in [0.05, 0.1) is 0 Å². The van der Waals surface area contributed by atoms with Crippen LogP contribution >= 0.6 is 0 Å². The highest BCUT2D eigenvalue weighted by molar-refractivity contribution is 4.81. The maximum absolute atomic E-state index is 3.56. The Kier molecular flexibility index (Phi) is 5.30. The summed E-state index contributed by atoms with van der Waals surface area (Å²) < 4.78 is 0. The molecule has 0 aromatic carbocycles. The Morgan fingerprint density at radius 1 is 1.12 bits per heavy atom. The summed E-state index contributed by atoms with van der Waals surface area (Å²) >= 11 is 0.